The van der Waals surface area contributed by atoms with Gasteiger partial charge in [-0.1, -0.05) is 30.3 Å². The van der Waals surface area contributed by atoms with Crippen molar-refractivity contribution < 1.29 is 27.5 Å². The standard InChI is InChI=1S/C19H23N3O6S/c1-13(14-5-3-2-4-6-14)20-17(23)11-28-19(25)16-7-8-18(24)22(21-16)15-9-10-29(26,27)12-15/h2-6,13,15H,7-12H2,1H3,(H,20,23)/t13-,15-/m1/s1. The lowest BCUT2D eigenvalue weighted by molar-refractivity contribution is -0.143. The van der Waals surface area contributed by atoms with Crippen molar-refractivity contribution in [1.82, 2.24) is 10.3 Å². The number of nitrogens with zero attached hydrogens (tertiary/aromatic N) is 2. The second-order valence-electron chi connectivity index (χ2n) is 7.12. The number of hydrogen-bond acceptors (Lipinski definition) is 7. The van der Waals surface area contributed by atoms with E-state index in [1.165, 1.54) is 0 Å². The Labute approximate surface area is 169 Å². The molecule has 0 bridgehead atoms. The van der Waals surface area contributed by atoms with Crippen LogP contribution in [0.25, 0.3) is 0 Å². The van der Waals surface area contributed by atoms with E-state index >= 15 is 0 Å². The maximum Gasteiger partial charge on any atom is 0.355 e. The minimum absolute atomic E-state index is 0.00346. The Bertz CT molecular complexity index is 929. The molecule has 10 heteroatoms. The van der Waals surface area contributed by atoms with Crippen LogP contribution in [0.15, 0.2) is 35.4 Å². The second-order valence-corrected chi connectivity index (χ2v) is 9.35. The van der Waals surface area contributed by atoms with E-state index in [-0.39, 0.29) is 42.0 Å². The molecule has 2 atom stereocenters. The summed E-state index contributed by atoms with van der Waals surface area (Å²) < 4.78 is 28.3. The number of esters is 1. The van der Waals surface area contributed by atoms with Crippen LogP contribution in [0.4, 0.5) is 0 Å². The fourth-order valence-electron chi connectivity index (χ4n) is 3.29. The Hall–Kier alpha value is -2.75. The largest absolute Gasteiger partial charge is 0.451 e. The summed E-state index contributed by atoms with van der Waals surface area (Å²) in [6.45, 7) is 1.35. The highest BCUT2D eigenvalue weighted by atomic mass is 32.2. The van der Waals surface area contributed by atoms with Crippen molar-refractivity contribution in [2.45, 2.75) is 38.3 Å². The maximum atomic E-state index is 12.3. The zero-order valence-corrected chi connectivity index (χ0v) is 16.9. The summed E-state index contributed by atoms with van der Waals surface area (Å²) in [7, 11) is -3.19. The molecule has 0 saturated carbocycles. The molecule has 0 aromatic heterocycles. The monoisotopic (exact) mass is 421 g/mol. The van der Waals surface area contributed by atoms with Gasteiger partial charge in [-0.25, -0.2) is 18.2 Å². The van der Waals surface area contributed by atoms with Gasteiger partial charge in [-0.3, -0.25) is 9.59 Å². The van der Waals surface area contributed by atoms with Gasteiger partial charge < -0.3 is 10.1 Å². The van der Waals surface area contributed by atoms with Crippen molar-refractivity contribution in [3.05, 3.63) is 35.9 Å². The number of nitrogens with one attached hydrogen (secondary N) is 1. The Morgan fingerprint density at radius 2 is 2.00 bits per heavy atom. The molecule has 0 spiro atoms. The Kier molecular flexibility index (Phi) is 6.31. The van der Waals surface area contributed by atoms with E-state index in [0.717, 1.165) is 10.6 Å². The second kappa shape index (κ2) is 8.73. The van der Waals surface area contributed by atoms with Gasteiger partial charge in [-0.15, -0.1) is 0 Å². The Balaban J connectivity index is 1.55. The zero-order chi connectivity index (χ0) is 21.0. The third-order valence-electron chi connectivity index (χ3n) is 4.86. The lowest BCUT2D eigenvalue weighted by Gasteiger charge is -2.27. The molecule has 29 heavy (non-hydrogen) atoms. The van der Waals surface area contributed by atoms with E-state index in [4.69, 9.17) is 4.74 Å². The normalized spacial score (nSPS) is 22.0. The van der Waals surface area contributed by atoms with E-state index in [2.05, 4.69) is 10.4 Å². The number of rotatable bonds is 6. The number of ether oxygens (including phenoxy) is 1. The van der Waals surface area contributed by atoms with Crippen LogP contribution in [0, 0.1) is 0 Å². The molecule has 156 valence electrons. The summed E-state index contributed by atoms with van der Waals surface area (Å²) in [5.41, 5.74) is 0.933. The molecule has 3 rings (SSSR count). The van der Waals surface area contributed by atoms with Gasteiger partial charge in [-0.2, -0.15) is 5.10 Å². The fraction of sp³-hybridized carbons (Fsp3) is 0.474. The van der Waals surface area contributed by atoms with E-state index < -0.39 is 34.4 Å². The highest BCUT2D eigenvalue weighted by Crippen LogP contribution is 2.22. The first-order valence-electron chi connectivity index (χ1n) is 9.36. The van der Waals surface area contributed by atoms with E-state index in [1.807, 2.05) is 37.3 Å². The van der Waals surface area contributed by atoms with Crippen molar-refractivity contribution in [3.8, 4) is 0 Å². The first-order valence-corrected chi connectivity index (χ1v) is 11.2. The van der Waals surface area contributed by atoms with Gasteiger partial charge in [0, 0.05) is 12.8 Å². The minimum Gasteiger partial charge on any atom is -0.451 e. The van der Waals surface area contributed by atoms with Crippen LogP contribution in [-0.4, -0.2) is 61.1 Å². The van der Waals surface area contributed by atoms with Gasteiger partial charge in [0.05, 0.1) is 23.6 Å². The van der Waals surface area contributed by atoms with Crippen LogP contribution in [-0.2, 0) is 29.0 Å². The lowest BCUT2D eigenvalue weighted by Crippen LogP contribution is -2.42. The van der Waals surface area contributed by atoms with E-state index in [9.17, 15) is 22.8 Å². The summed E-state index contributed by atoms with van der Waals surface area (Å²) in [5.74, 6) is -1.73. The summed E-state index contributed by atoms with van der Waals surface area (Å²) in [5, 5.41) is 7.85. The number of hydrazone groups is 1. The highest BCUT2D eigenvalue weighted by molar-refractivity contribution is 7.91. The maximum absolute atomic E-state index is 12.3. The molecule has 1 aromatic carbocycles. The first-order chi connectivity index (χ1) is 13.7. The number of carbonyl (C=O) groups is 3. The predicted octanol–water partition coefficient (Wildman–Crippen LogP) is 0.573. The van der Waals surface area contributed by atoms with Gasteiger partial charge in [-0.05, 0) is 18.9 Å². The molecule has 0 aliphatic carbocycles. The number of benzene rings is 1. The van der Waals surface area contributed by atoms with Gasteiger partial charge in [0.2, 0.25) is 5.91 Å². The van der Waals surface area contributed by atoms with Crippen molar-refractivity contribution in [3.63, 3.8) is 0 Å². The molecule has 0 unspecified atom stereocenters. The van der Waals surface area contributed by atoms with E-state index in [1.54, 1.807) is 0 Å². The third kappa shape index (κ3) is 5.41. The van der Waals surface area contributed by atoms with Crippen LogP contribution in [0.2, 0.25) is 0 Å². The van der Waals surface area contributed by atoms with E-state index in [0.29, 0.717) is 6.42 Å². The van der Waals surface area contributed by atoms with Crippen LogP contribution in [0.5, 0.6) is 0 Å². The molecule has 9 nitrogen and oxygen atoms in total. The van der Waals surface area contributed by atoms with Crippen molar-refractivity contribution in [2.75, 3.05) is 18.1 Å². The lowest BCUT2D eigenvalue weighted by atomic mass is 10.1. The molecule has 1 saturated heterocycles. The highest BCUT2D eigenvalue weighted by Gasteiger charge is 2.37. The molecule has 2 aliphatic heterocycles. The average Bonchev–Trinajstić information content (AvgIpc) is 3.06. The van der Waals surface area contributed by atoms with Crippen LogP contribution < -0.4 is 5.32 Å². The van der Waals surface area contributed by atoms with Crippen LogP contribution in [0.3, 0.4) is 0 Å². The Morgan fingerprint density at radius 3 is 2.66 bits per heavy atom. The van der Waals surface area contributed by atoms with Gasteiger partial charge in [0.1, 0.15) is 5.71 Å². The Morgan fingerprint density at radius 1 is 1.28 bits per heavy atom. The summed E-state index contributed by atoms with van der Waals surface area (Å²) in [6, 6.07) is 8.55. The molecule has 1 aromatic rings. The minimum atomic E-state index is -3.19. The summed E-state index contributed by atoms with van der Waals surface area (Å²) in [6.07, 6.45) is 0.428. The smallest absolute Gasteiger partial charge is 0.355 e. The predicted molar refractivity (Wildman–Crippen MR) is 105 cm³/mol. The van der Waals surface area contributed by atoms with Crippen LogP contribution >= 0.6 is 0 Å². The van der Waals surface area contributed by atoms with Gasteiger partial charge >= 0.3 is 5.97 Å². The molecule has 1 fully saturated rings. The number of carbonyl (C=O) groups excluding carboxylic acids is 3. The SMILES string of the molecule is C[C@@H](NC(=O)COC(=O)C1=NN([C@@H]2CCS(=O)(=O)C2)C(=O)CC1)c1ccccc1. The molecular formula is C19H23N3O6S. The molecule has 0 radical (unpaired) electrons. The van der Waals surface area contributed by atoms with Gasteiger partial charge in [0.15, 0.2) is 16.4 Å². The summed E-state index contributed by atoms with van der Waals surface area (Å²) >= 11 is 0. The molecule has 2 heterocycles. The van der Waals surface area contributed by atoms with Crippen molar-refractivity contribution in [1.29, 1.82) is 0 Å². The number of hydrogen-bond donors (Lipinski definition) is 1. The quantitative estimate of drug-likeness (QED) is 0.670. The van der Waals surface area contributed by atoms with Gasteiger partial charge in [0.25, 0.3) is 5.91 Å². The zero-order valence-electron chi connectivity index (χ0n) is 16.0. The molecule has 2 amide bonds. The molecule has 1 N–H and O–H groups in total. The topological polar surface area (TPSA) is 122 Å². The number of sulfone groups is 1. The summed E-state index contributed by atoms with van der Waals surface area (Å²) in [4.78, 5) is 36.4. The number of amides is 2. The molecule has 2 aliphatic rings. The molecular weight excluding hydrogens is 398 g/mol. The average molecular weight is 421 g/mol. The third-order valence-corrected chi connectivity index (χ3v) is 6.61. The van der Waals surface area contributed by atoms with Crippen molar-refractivity contribution >= 4 is 33.3 Å². The fourth-order valence-corrected chi connectivity index (χ4v) is 4.99. The first kappa shape index (κ1) is 21.0. The van der Waals surface area contributed by atoms with Crippen LogP contribution in [0.1, 0.15) is 37.8 Å². The van der Waals surface area contributed by atoms with Crippen molar-refractivity contribution in [2.24, 2.45) is 5.10 Å².